The lowest BCUT2D eigenvalue weighted by atomic mass is 10.1. The second-order valence-corrected chi connectivity index (χ2v) is 4.15. The summed E-state index contributed by atoms with van der Waals surface area (Å²) in [6, 6.07) is 13.1. The minimum Gasteiger partial charge on any atom is -0.502 e. The summed E-state index contributed by atoms with van der Waals surface area (Å²) in [6.45, 7) is 0. The van der Waals surface area contributed by atoms with Crippen LogP contribution in [0.25, 0.3) is 6.08 Å². The summed E-state index contributed by atoms with van der Waals surface area (Å²) in [7, 11) is 0. The number of hydrogen-bond donors (Lipinski definition) is 2. The van der Waals surface area contributed by atoms with Crippen molar-refractivity contribution in [2.45, 2.75) is 0 Å². The number of amides is 1. The summed E-state index contributed by atoms with van der Waals surface area (Å²) in [4.78, 5) is 21.8. The van der Waals surface area contributed by atoms with Gasteiger partial charge in [0, 0.05) is 12.3 Å². The smallest absolute Gasteiger partial charge is 0.311 e. The molecular formula is C15H12N2O4. The van der Waals surface area contributed by atoms with Crippen molar-refractivity contribution < 1.29 is 14.8 Å². The van der Waals surface area contributed by atoms with Crippen LogP contribution >= 0.6 is 0 Å². The first-order chi connectivity index (χ1) is 10.1. The van der Waals surface area contributed by atoms with E-state index in [1.165, 1.54) is 18.3 Å². The van der Waals surface area contributed by atoms with Gasteiger partial charge in [-0.1, -0.05) is 36.4 Å². The minimum absolute atomic E-state index is 0.151. The largest absolute Gasteiger partial charge is 0.502 e. The Morgan fingerprint density at radius 3 is 2.52 bits per heavy atom. The quantitative estimate of drug-likeness (QED) is 0.667. The van der Waals surface area contributed by atoms with E-state index < -0.39 is 22.3 Å². The number of rotatable bonds is 4. The Balaban J connectivity index is 2.13. The van der Waals surface area contributed by atoms with Gasteiger partial charge in [-0.15, -0.1) is 0 Å². The molecule has 0 fully saturated rings. The van der Waals surface area contributed by atoms with Crippen molar-refractivity contribution >= 4 is 17.7 Å². The molecular weight excluding hydrogens is 272 g/mol. The zero-order valence-electron chi connectivity index (χ0n) is 10.9. The van der Waals surface area contributed by atoms with Crippen LogP contribution in [0.5, 0.6) is 5.75 Å². The molecule has 0 aliphatic carbocycles. The van der Waals surface area contributed by atoms with Gasteiger partial charge in [-0.2, -0.15) is 0 Å². The molecule has 0 aliphatic rings. The lowest BCUT2D eigenvalue weighted by Crippen LogP contribution is -2.17. The van der Waals surface area contributed by atoms with Crippen molar-refractivity contribution in [1.29, 1.82) is 0 Å². The topological polar surface area (TPSA) is 92.5 Å². The average Bonchev–Trinajstić information content (AvgIpc) is 2.48. The number of benzene rings is 2. The van der Waals surface area contributed by atoms with Crippen molar-refractivity contribution in [2.75, 3.05) is 0 Å². The molecule has 2 aromatic carbocycles. The molecule has 6 heteroatoms. The van der Waals surface area contributed by atoms with E-state index >= 15 is 0 Å². The monoisotopic (exact) mass is 284 g/mol. The Labute approximate surface area is 120 Å². The summed E-state index contributed by atoms with van der Waals surface area (Å²) < 4.78 is 0. The molecule has 2 rings (SSSR count). The number of aromatic hydroxyl groups is 1. The van der Waals surface area contributed by atoms with E-state index in [1.807, 2.05) is 30.3 Å². The molecule has 0 bridgehead atoms. The van der Waals surface area contributed by atoms with Gasteiger partial charge in [-0.05, 0) is 17.7 Å². The lowest BCUT2D eigenvalue weighted by Gasteiger charge is -2.03. The number of nitrogens with one attached hydrogen (secondary N) is 1. The van der Waals surface area contributed by atoms with Crippen LogP contribution < -0.4 is 5.32 Å². The predicted molar refractivity (Wildman–Crippen MR) is 77.7 cm³/mol. The van der Waals surface area contributed by atoms with Crippen LogP contribution in [0.4, 0.5) is 5.69 Å². The SMILES string of the molecule is O=C(NC=Cc1ccccc1)c1cccc([N+](=O)[O-])c1O. The first kappa shape index (κ1) is 14.3. The normalized spacial score (nSPS) is 10.5. The van der Waals surface area contributed by atoms with Gasteiger partial charge in [0.05, 0.1) is 10.5 Å². The Hall–Kier alpha value is -3.15. The number of phenols is 1. The molecule has 0 heterocycles. The van der Waals surface area contributed by atoms with E-state index in [0.717, 1.165) is 11.6 Å². The van der Waals surface area contributed by atoms with Gasteiger partial charge in [0.2, 0.25) is 5.75 Å². The minimum atomic E-state index is -0.744. The fourth-order valence-electron chi connectivity index (χ4n) is 1.72. The van der Waals surface area contributed by atoms with Crippen molar-refractivity contribution in [3.05, 3.63) is 76.0 Å². The average molecular weight is 284 g/mol. The number of carbonyl (C=O) groups is 1. The molecule has 0 unspecified atom stereocenters. The maximum absolute atomic E-state index is 11.9. The zero-order valence-corrected chi connectivity index (χ0v) is 10.9. The van der Waals surface area contributed by atoms with Crippen LogP contribution in [0.15, 0.2) is 54.7 Å². The summed E-state index contributed by atoms with van der Waals surface area (Å²) in [6.07, 6.45) is 3.09. The van der Waals surface area contributed by atoms with Gasteiger partial charge >= 0.3 is 5.69 Å². The highest BCUT2D eigenvalue weighted by Crippen LogP contribution is 2.28. The molecule has 0 aliphatic heterocycles. The molecule has 0 aromatic heterocycles. The van der Waals surface area contributed by atoms with Crippen LogP contribution in [0, 0.1) is 10.1 Å². The molecule has 0 saturated carbocycles. The fraction of sp³-hybridized carbons (Fsp3) is 0. The van der Waals surface area contributed by atoms with Crippen LogP contribution in [0.3, 0.4) is 0 Å². The van der Waals surface area contributed by atoms with E-state index in [2.05, 4.69) is 5.32 Å². The summed E-state index contributed by atoms with van der Waals surface area (Å²) in [5.74, 6) is -1.27. The van der Waals surface area contributed by atoms with Crippen molar-refractivity contribution in [1.82, 2.24) is 5.32 Å². The van der Waals surface area contributed by atoms with E-state index in [-0.39, 0.29) is 5.56 Å². The van der Waals surface area contributed by atoms with Crippen LogP contribution in [0.1, 0.15) is 15.9 Å². The van der Waals surface area contributed by atoms with Gasteiger partial charge in [0.25, 0.3) is 5.91 Å². The predicted octanol–water partition coefficient (Wildman–Crippen LogP) is 2.70. The lowest BCUT2D eigenvalue weighted by molar-refractivity contribution is -0.385. The summed E-state index contributed by atoms with van der Waals surface area (Å²) >= 11 is 0. The van der Waals surface area contributed by atoms with Gasteiger partial charge in [0.1, 0.15) is 0 Å². The Kier molecular flexibility index (Phi) is 4.30. The van der Waals surface area contributed by atoms with E-state index in [4.69, 9.17) is 0 Å². The number of phenolic OH excluding ortho intramolecular Hbond substituents is 1. The van der Waals surface area contributed by atoms with Crippen molar-refractivity contribution in [2.24, 2.45) is 0 Å². The molecule has 0 atom stereocenters. The number of nitrogens with zero attached hydrogens (tertiary/aromatic N) is 1. The number of carbonyl (C=O) groups excluding carboxylic acids is 1. The van der Waals surface area contributed by atoms with Gasteiger partial charge < -0.3 is 10.4 Å². The first-order valence-electron chi connectivity index (χ1n) is 6.08. The summed E-state index contributed by atoms with van der Waals surface area (Å²) in [5.41, 5.74) is 0.234. The highest BCUT2D eigenvalue weighted by molar-refractivity contribution is 5.98. The second kappa shape index (κ2) is 6.33. The maximum Gasteiger partial charge on any atom is 0.311 e. The molecule has 21 heavy (non-hydrogen) atoms. The highest BCUT2D eigenvalue weighted by atomic mass is 16.6. The fourth-order valence-corrected chi connectivity index (χ4v) is 1.72. The van der Waals surface area contributed by atoms with Gasteiger partial charge in [0.15, 0.2) is 0 Å². The highest BCUT2D eigenvalue weighted by Gasteiger charge is 2.20. The number of hydrogen-bond acceptors (Lipinski definition) is 4. The molecule has 0 spiro atoms. The van der Waals surface area contributed by atoms with Crippen LogP contribution in [0.2, 0.25) is 0 Å². The molecule has 0 saturated heterocycles. The number of nitro benzene ring substituents is 1. The van der Waals surface area contributed by atoms with Gasteiger partial charge in [-0.3, -0.25) is 14.9 Å². The third-order valence-electron chi connectivity index (χ3n) is 2.75. The molecule has 6 nitrogen and oxygen atoms in total. The Morgan fingerprint density at radius 2 is 1.86 bits per heavy atom. The molecule has 2 aromatic rings. The van der Waals surface area contributed by atoms with Crippen LogP contribution in [-0.2, 0) is 0 Å². The van der Waals surface area contributed by atoms with E-state index in [1.54, 1.807) is 6.08 Å². The van der Waals surface area contributed by atoms with Gasteiger partial charge in [-0.25, -0.2) is 0 Å². The van der Waals surface area contributed by atoms with Crippen molar-refractivity contribution in [3.63, 3.8) is 0 Å². The zero-order chi connectivity index (χ0) is 15.2. The number of nitro groups is 1. The number of para-hydroxylation sites is 1. The summed E-state index contributed by atoms with van der Waals surface area (Å²) in [5, 5.41) is 22.9. The maximum atomic E-state index is 11.9. The van der Waals surface area contributed by atoms with E-state index in [9.17, 15) is 20.0 Å². The molecule has 1 amide bonds. The standard InChI is InChI=1S/C15H12N2O4/c18-14-12(7-4-8-13(14)17(20)21)15(19)16-10-9-11-5-2-1-3-6-11/h1-10,18H,(H,16,19). The third kappa shape index (κ3) is 3.44. The molecule has 0 radical (unpaired) electrons. The Bertz CT molecular complexity index is 696. The van der Waals surface area contributed by atoms with Crippen LogP contribution in [-0.4, -0.2) is 15.9 Å². The first-order valence-corrected chi connectivity index (χ1v) is 6.08. The second-order valence-electron chi connectivity index (χ2n) is 4.15. The molecule has 2 N–H and O–H groups in total. The van der Waals surface area contributed by atoms with E-state index in [0.29, 0.717) is 0 Å². The third-order valence-corrected chi connectivity index (χ3v) is 2.75. The van der Waals surface area contributed by atoms with Crippen molar-refractivity contribution in [3.8, 4) is 5.75 Å². The molecule has 106 valence electrons. The Morgan fingerprint density at radius 1 is 1.14 bits per heavy atom.